The number of hydrogen-bond acceptors (Lipinski definition) is 4. The molecule has 0 amide bonds. The zero-order chi connectivity index (χ0) is 18.1. The summed E-state index contributed by atoms with van der Waals surface area (Å²) in [6.07, 6.45) is 0. The quantitative estimate of drug-likeness (QED) is 0.661. The van der Waals surface area contributed by atoms with Gasteiger partial charge in [0.15, 0.2) is 0 Å². The van der Waals surface area contributed by atoms with Crippen LogP contribution >= 0.6 is 0 Å². The van der Waals surface area contributed by atoms with Gasteiger partial charge in [-0.3, -0.25) is 10.1 Å². The van der Waals surface area contributed by atoms with Crippen LogP contribution in [-0.2, 0) is 10.0 Å². The van der Waals surface area contributed by atoms with Crippen LogP contribution in [0.4, 0.5) is 5.69 Å². The first-order chi connectivity index (χ1) is 11.1. The third-order valence-corrected chi connectivity index (χ3v) is 5.56. The minimum absolute atomic E-state index is 0.120. The lowest BCUT2D eigenvalue weighted by atomic mass is 9.97. The average molecular weight is 348 g/mol. The molecule has 0 aliphatic carbocycles. The van der Waals surface area contributed by atoms with Crippen LogP contribution in [0.5, 0.6) is 0 Å². The maximum Gasteiger partial charge on any atom is 0.270 e. The first kappa shape index (κ1) is 18.1. The molecule has 2 aromatic rings. The largest absolute Gasteiger partial charge is 0.270 e. The number of nitro benzene ring substituents is 1. The summed E-state index contributed by atoms with van der Waals surface area (Å²) in [5.74, 6) is 0. The predicted octanol–water partition coefficient (Wildman–Crippen LogP) is 3.56. The van der Waals surface area contributed by atoms with Gasteiger partial charge in [0.05, 0.1) is 9.82 Å². The Morgan fingerprint density at radius 3 is 2.29 bits per heavy atom. The van der Waals surface area contributed by atoms with E-state index in [2.05, 4.69) is 4.72 Å². The van der Waals surface area contributed by atoms with Gasteiger partial charge in [0.2, 0.25) is 10.0 Å². The highest BCUT2D eigenvalue weighted by atomic mass is 32.2. The summed E-state index contributed by atoms with van der Waals surface area (Å²) in [7, 11) is -3.86. The molecule has 2 aromatic carbocycles. The number of aryl methyl sites for hydroxylation is 3. The normalized spacial score (nSPS) is 12.8. The van der Waals surface area contributed by atoms with Crippen LogP contribution in [0.25, 0.3) is 0 Å². The highest BCUT2D eigenvalue weighted by Crippen LogP contribution is 2.24. The first-order valence-corrected chi connectivity index (χ1v) is 8.94. The second-order valence-electron chi connectivity index (χ2n) is 5.89. The SMILES string of the molecule is Cc1cc(C)c(C(C)NS(=O)(=O)c2cccc([N+](=O)[O-])c2)cc1C. The monoisotopic (exact) mass is 348 g/mol. The van der Waals surface area contributed by atoms with Crippen LogP contribution in [0.1, 0.15) is 35.2 Å². The van der Waals surface area contributed by atoms with Gasteiger partial charge in [-0.2, -0.15) is 0 Å². The maximum atomic E-state index is 12.5. The molecule has 0 saturated carbocycles. The van der Waals surface area contributed by atoms with E-state index in [0.717, 1.165) is 28.3 Å². The van der Waals surface area contributed by atoms with Gasteiger partial charge in [0, 0.05) is 18.2 Å². The highest BCUT2D eigenvalue weighted by Gasteiger charge is 2.21. The smallest absolute Gasteiger partial charge is 0.258 e. The molecular weight excluding hydrogens is 328 g/mol. The highest BCUT2D eigenvalue weighted by molar-refractivity contribution is 7.89. The van der Waals surface area contributed by atoms with Crippen molar-refractivity contribution in [1.29, 1.82) is 0 Å². The fourth-order valence-corrected chi connectivity index (χ4v) is 3.84. The number of nitrogens with zero attached hydrogens (tertiary/aromatic N) is 1. The van der Waals surface area contributed by atoms with Crippen molar-refractivity contribution in [2.75, 3.05) is 0 Å². The molecule has 0 aromatic heterocycles. The molecule has 1 N–H and O–H groups in total. The summed E-state index contributed by atoms with van der Waals surface area (Å²) >= 11 is 0. The van der Waals surface area contributed by atoms with Gasteiger partial charge in [-0.15, -0.1) is 0 Å². The van der Waals surface area contributed by atoms with Gasteiger partial charge in [-0.05, 0) is 56.0 Å². The van der Waals surface area contributed by atoms with Crippen LogP contribution in [0, 0.1) is 30.9 Å². The van der Waals surface area contributed by atoms with Crippen molar-refractivity contribution in [3.63, 3.8) is 0 Å². The Morgan fingerprint density at radius 2 is 1.67 bits per heavy atom. The molecule has 0 aliphatic rings. The van der Waals surface area contributed by atoms with Crippen LogP contribution in [0.3, 0.4) is 0 Å². The second kappa shape index (κ2) is 6.70. The molecule has 2 rings (SSSR count). The van der Waals surface area contributed by atoms with E-state index in [-0.39, 0.29) is 10.6 Å². The van der Waals surface area contributed by atoms with Crippen LogP contribution in [0.2, 0.25) is 0 Å². The van der Waals surface area contributed by atoms with Gasteiger partial charge in [0.1, 0.15) is 0 Å². The van der Waals surface area contributed by atoms with Crippen molar-refractivity contribution >= 4 is 15.7 Å². The van der Waals surface area contributed by atoms with Crippen molar-refractivity contribution in [2.24, 2.45) is 0 Å². The Morgan fingerprint density at radius 1 is 1.04 bits per heavy atom. The minimum atomic E-state index is -3.86. The lowest BCUT2D eigenvalue weighted by Crippen LogP contribution is -2.27. The molecule has 0 saturated heterocycles. The zero-order valence-corrected chi connectivity index (χ0v) is 14.8. The third kappa shape index (κ3) is 3.80. The van der Waals surface area contributed by atoms with E-state index in [1.807, 2.05) is 32.9 Å². The van der Waals surface area contributed by atoms with E-state index in [1.54, 1.807) is 6.92 Å². The maximum absolute atomic E-state index is 12.5. The minimum Gasteiger partial charge on any atom is -0.258 e. The van der Waals surface area contributed by atoms with Crippen LogP contribution in [-0.4, -0.2) is 13.3 Å². The van der Waals surface area contributed by atoms with E-state index < -0.39 is 21.0 Å². The molecular formula is C17H20N2O4S. The third-order valence-electron chi connectivity index (χ3n) is 4.02. The number of hydrogen-bond donors (Lipinski definition) is 1. The Balaban J connectivity index is 2.34. The van der Waals surface area contributed by atoms with E-state index in [4.69, 9.17) is 0 Å². The lowest BCUT2D eigenvalue weighted by molar-refractivity contribution is -0.385. The average Bonchev–Trinajstić information content (AvgIpc) is 2.50. The molecule has 128 valence electrons. The molecule has 7 heteroatoms. The van der Waals surface area contributed by atoms with Crippen molar-refractivity contribution in [2.45, 2.75) is 38.6 Å². The summed E-state index contributed by atoms with van der Waals surface area (Å²) in [6, 6.07) is 8.55. The topological polar surface area (TPSA) is 89.3 Å². The number of sulfonamides is 1. The molecule has 6 nitrogen and oxygen atoms in total. The van der Waals surface area contributed by atoms with Gasteiger partial charge in [-0.1, -0.05) is 18.2 Å². The van der Waals surface area contributed by atoms with Gasteiger partial charge < -0.3 is 0 Å². The van der Waals surface area contributed by atoms with Crippen molar-refractivity contribution < 1.29 is 13.3 Å². The van der Waals surface area contributed by atoms with Crippen molar-refractivity contribution in [1.82, 2.24) is 4.72 Å². The predicted molar refractivity (Wildman–Crippen MR) is 92.5 cm³/mol. The number of benzene rings is 2. The summed E-state index contributed by atoms with van der Waals surface area (Å²) in [5, 5.41) is 10.8. The number of nitro groups is 1. The fourth-order valence-electron chi connectivity index (χ4n) is 2.58. The Hall–Kier alpha value is -2.25. The molecule has 24 heavy (non-hydrogen) atoms. The number of rotatable bonds is 5. The van der Waals surface area contributed by atoms with Gasteiger partial charge in [0.25, 0.3) is 5.69 Å². The summed E-state index contributed by atoms with van der Waals surface area (Å²) in [5.41, 5.74) is 3.84. The van der Waals surface area contributed by atoms with Gasteiger partial charge in [-0.25, -0.2) is 13.1 Å². The fraction of sp³-hybridized carbons (Fsp3) is 0.294. The molecule has 0 heterocycles. The van der Waals surface area contributed by atoms with Crippen molar-refractivity contribution in [3.8, 4) is 0 Å². The first-order valence-electron chi connectivity index (χ1n) is 7.46. The molecule has 0 aliphatic heterocycles. The Kier molecular flexibility index (Phi) is 5.05. The van der Waals surface area contributed by atoms with E-state index in [0.29, 0.717) is 0 Å². The Labute approximate surface area is 141 Å². The van der Waals surface area contributed by atoms with E-state index in [9.17, 15) is 18.5 Å². The number of nitrogens with one attached hydrogen (secondary N) is 1. The molecule has 0 spiro atoms. The van der Waals surface area contributed by atoms with E-state index >= 15 is 0 Å². The summed E-state index contributed by atoms with van der Waals surface area (Å²) in [4.78, 5) is 10.1. The second-order valence-corrected chi connectivity index (χ2v) is 7.60. The van der Waals surface area contributed by atoms with Gasteiger partial charge >= 0.3 is 0 Å². The molecule has 0 fully saturated rings. The Bertz CT molecular complexity index is 891. The van der Waals surface area contributed by atoms with Crippen molar-refractivity contribution in [3.05, 3.63) is 68.8 Å². The van der Waals surface area contributed by atoms with Crippen LogP contribution in [0.15, 0.2) is 41.3 Å². The molecule has 0 radical (unpaired) electrons. The van der Waals surface area contributed by atoms with E-state index in [1.165, 1.54) is 18.2 Å². The van der Waals surface area contributed by atoms with Crippen LogP contribution < -0.4 is 4.72 Å². The lowest BCUT2D eigenvalue weighted by Gasteiger charge is -2.18. The zero-order valence-electron chi connectivity index (χ0n) is 14.0. The summed E-state index contributed by atoms with van der Waals surface area (Å²) < 4.78 is 27.6. The molecule has 1 atom stereocenters. The molecule has 1 unspecified atom stereocenters. The summed E-state index contributed by atoms with van der Waals surface area (Å²) in [6.45, 7) is 7.66. The number of non-ortho nitro benzene ring substituents is 1. The molecule has 0 bridgehead atoms. The standard InChI is InChI=1S/C17H20N2O4S/c1-11-8-13(3)17(9-12(11)2)14(4)18-24(22,23)16-7-5-6-15(10-16)19(20)21/h5-10,14,18H,1-4H3.